The molecule has 0 radical (unpaired) electrons. The van der Waals surface area contributed by atoms with E-state index in [1.54, 1.807) is 6.07 Å². The SMILES string of the molecule is Cc1ccc2oc(N3CC4CCC(C3)O4)cc(=O)c2c1. The molecule has 0 amide bonds. The van der Waals surface area contributed by atoms with Gasteiger partial charge in [0.2, 0.25) is 0 Å². The Hall–Kier alpha value is -1.81. The van der Waals surface area contributed by atoms with Crippen LogP contribution in [0.2, 0.25) is 0 Å². The lowest BCUT2D eigenvalue weighted by Crippen LogP contribution is -2.42. The average Bonchev–Trinajstić information content (AvgIpc) is 2.78. The van der Waals surface area contributed by atoms with Gasteiger partial charge in [-0.15, -0.1) is 0 Å². The number of hydrogen-bond acceptors (Lipinski definition) is 4. The summed E-state index contributed by atoms with van der Waals surface area (Å²) in [4.78, 5) is 14.4. The Bertz CT molecular complexity index is 709. The lowest BCUT2D eigenvalue weighted by molar-refractivity contribution is 0.0291. The van der Waals surface area contributed by atoms with Gasteiger partial charge in [-0.25, -0.2) is 0 Å². The molecule has 0 N–H and O–H groups in total. The monoisotopic (exact) mass is 271 g/mol. The normalized spacial score (nSPS) is 25.4. The van der Waals surface area contributed by atoms with Crippen molar-refractivity contribution in [3.63, 3.8) is 0 Å². The molecule has 2 fully saturated rings. The summed E-state index contributed by atoms with van der Waals surface area (Å²) in [5.74, 6) is 0.673. The Balaban J connectivity index is 1.77. The van der Waals surface area contributed by atoms with Crippen LogP contribution in [0.25, 0.3) is 11.0 Å². The molecule has 0 saturated carbocycles. The van der Waals surface area contributed by atoms with Crippen LogP contribution in [0.15, 0.2) is 33.5 Å². The van der Waals surface area contributed by atoms with E-state index >= 15 is 0 Å². The minimum absolute atomic E-state index is 0.0313. The standard InChI is InChI=1S/C16H17NO3/c1-10-2-5-15-13(6-10)14(18)7-16(20-15)17-8-11-3-4-12(9-17)19-11/h2,5-7,11-12H,3-4,8-9H2,1H3. The zero-order chi connectivity index (χ0) is 13.7. The summed E-state index contributed by atoms with van der Waals surface area (Å²) >= 11 is 0. The highest BCUT2D eigenvalue weighted by molar-refractivity contribution is 5.78. The molecule has 1 aromatic heterocycles. The summed E-state index contributed by atoms with van der Waals surface area (Å²) < 4.78 is 11.8. The number of morpholine rings is 1. The van der Waals surface area contributed by atoms with E-state index in [0.29, 0.717) is 16.9 Å². The highest BCUT2D eigenvalue weighted by Crippen LogP contribution is 2.30. The first-order valence-corrected chi connectivity index (χ1v) is 7.14. The third kappa shape index (κ3) is 1.91. The fraction of sp³-hybridized carbons (Fsp3) is 0.438. The van der Waals surface area contributed by atoms with Crippen molar-refractivity contribution in [2.45, 2.75) is 32.0 Å². The smallest absolute Gasteiger partial charge is 0.200 e. The van der Waals surface area contributed by atoms with E-state index in [-0.39, 0.29) is 17.6 Å². The summed E-state index contributed by atoms with van der Waals surface area (Å²) in [6, 6.07) is 7.35. The van der Waals surface area contributed by atoms with Gasteiger partial charge in [0.25, 0.3) is 0 Å². The van der Waals surface area contributed by atoms with Crippen molar-refractivity contribution in [1.29, 1.82) is 0 Å². The van der Waals surface area contributed by atoms with E-state index < -0.39 is 0 Å². The Morgan fingerprint density at radius 1 is 1.15 bits per heavy atom. The first kappa shape index (κ1) is 12.0. The van der Waals surface area contributed by atoms with Crippen LogP contribution in [0, 0.1) is 6.92 Å². The molecule has 2 aliphatic rings. The molecule has 2 unspecified atom stereocenters. The number of aryl methyl sites for hydroxylation is 1. The van der Waals surface area contributed by atoms with Crippen molar-refractivity contribution >= 4 is 16.9 Å². The highest BCUT2D eigenvalue weighted by Gasteiger charge is 2.34. The number of anilines is 1. The van der Waals surface area contributed by atoms with Gasteiger partial charge in [-0.3, -0.25) is 4.79 Å². The van der Waals surface area contributed by atoms with Crippen LogP contribution in [0.5, 0.6) is 0 Å². The maximum atomic E-state index is 12.3. The van der Waals surface area contributed by atoms with Crippen LogP contribution in [-0.2, 0) is 4.74 Å². The Kier molecular flexibility index (Phi) is 2.60. The molecule has 2 aromatic rings. The second kappa shape index (κ2) is 4.35. The largest absolute Gasteiger partial charge is 0.440 e. The first-order chi connectivity index (χ1) is 9.69. The minimum atomic E-state index is 0.0313. The van der Waals surface area contributed by atoms with Crippen LogP contribution in [0.1, 0.15) is 18.4 Å². The second-order valence-electron chi connectivity index (χ2n) is 5.81. The molecule has 0 aliphatic carbocycles. The number of ether oxygens (including phenoxy) is 1. The fourth-order valence-electron chi connectivity index (χ4n) is 3.21. The molecule has 20 heavy (non-hydrogen) atoms. The van der Waals surface area contributed by atoms with Gasteiger partial charge in [0.15, 0.2) is 11.3 Å². The summed E-state index contributed by atoms with van der Waals surface area (Å²) in [5.41, 5.74) is 1.77. The molecule has 2 atom stereocenters. The summed E-state index contributed by atoms with van der Waals surface area (Å²) in [6.07, 6.45) is 2.79. The predicted octanol–water partition coefficient (Wildman–Crippen LogP) is 2.47. The molecule has 4 rings (SSSR count). The van der Waals surface area contributed by atoms with E-state index in [1.807, 2.05) is 25.1 Å². The van der Waals surface area contributed by atoms with Gasteiger partial charge in [-0.05, 0) is 31.9 Å². The molecule has 0 spiro atoms. The molecule has 4 nitrogen and oxygen atoms in total. The van der Waals surface area contributed by atoms with Gasteiger partial charge in [-0.1, -0.05) is 11.6 Å². The molecular weight excluding hydrogens is 254 g/mol. The second-order valence-corrected chi connectivity index (χ2v) is 5.81. The Morgan fingerprint density at radius 2 is 1.90 bits per heavy atom. The molecule has 104 valence electrons. The van der Waals surface area contributed by atoms with Crippen LogP contribution in [0.3, 0.4) is 0 Å². The molecule has 2 saturated heterocycles. The van der Waals surface area contributed by atoms with Gasteiger partial charge in [0.05, 0.1) is 17.6 Å². The van der Waals surface area contributed by atoms with Crippen molar-refractivity contribution in [3.05, 3.63) is 40.1 Å². The van der Waals surface area contributed by atoms with E-state index in [4.69, 9.17) is 9.15 Å². The third-order valence-electron chi connectivity index (χ3n) is 4.22. The van der Waals surface area contributed by atoms with Gasteiger partial charge in [0, 0.05) is 19.2 Å². The molecule has 3 heterocycles. The van der Waals surface area contributed by atoms with Gasteiger partial charge in [0.1, 0.15) is 5.58 Å². The maximum Gasteiger partial charge on any atom is 0.200 e. The van der Waals surface area contributed by atoms with E-state index in [9.17, 15) is 4.79 Å². The third-order valence-corrected chi connectivity index (χ3v) is 4.22. The molecule has 1 aromatic carbocycles. The van der Waals surface area contributed by atoms with Crippen molar-refractivity contribution in [3.8, 4) is 0 Å². The van der Waals surface area contributed by atoms with Crippen LogP contribution in [0.4, 0.5) is 5.88 Å². The highest BCUT2D eigenvalue weighted by atomic mass is 16.5. The van der Waals surface area contributed by atoms with E-state index in [0.717, 1.165) is 31.5 Å². The first-order valence-electron chi connectivity index (χ1n) is 7.14. The van der Waals surface area contributed by atoms with Gasteiger partial charge < -0.3 is 14.1 Å². The van der Waals surface area contributed by atoms with Crippen molar-refractivity contribution in [2.75, 3.05) is 18.0 Å². The van der Waals surface area contributed by atoms with Crippen molar-refractivity contribution in [2.24, 2.45) is 0 Å². The molecule has 2 aliphatic heterocycles. The summed E-state index contributed by atoms with van der Waals surface area (Å²) in [5, 5.41) is 0.657. The van der Waals surface area contributed by atoms with E-state index in [1.165, 1.54) is 0 Å². The number of nitrogens with zero attached hydrogens (tertiary/aromatic N) is 1. The van der Waals surface area contributed by atoms with Crippen molar-refractivity contribution in [1.82, 2.24) is 0 Å². The number of benzene rings is 1. The minimum Gasteiger partial charge on any atom is -0.440 e. The molecular formula is C16H17NO3. The predicted molar refractivity (Wildman–Crippen MR) is 77.3 cm³/mol. The van der Waals surface area contributed by atoms with Gasteiger partial charge in [-0.2, -0.15) is 0 Å². The zero-order valence-electron chi connectivity index (χ0n) is 11.5. The maximum absolute atomic E-state index is 12.3. The quantitative estimate of drug-likeness (QED) is 0.799. The number of hydrogen-bond donors (Lipinski definition) is 0. The van der Waals surface area contributed by atoms with E-state index in [2.05, 4.69) is 4.90 Å². The summed E-state index contributed by atoms with van der Waals surface area (Å²) in [7, 11) is 0. The fourth-order valence-corrected chi connectivity index (χ4v) is 3.21. The van der Waals surface area contributed by atoms with Crippen LogP contribution >= 0.6 is 0 Å². The topological polar surface area (TPSA) is 42.7 Å². The lowest BCUT2D eigenvalue weighted by atomic mass is 10.1. The number of fused-ring (bicyclic) bond motifs is 3. The van der Waals surface area contributed by atoms with Crippen LogP contribution < -0.4 is 10.3 Å². The Morgan fingerprint density at radius 3 is 2.65 bits per heavy atom. The Labute approximate surface area is 116 Å². The number of rotatable bonds is 1. The van der Waals surface area contributed by atoms with Crippen LogP contribution in [-0.4, -0.2) is 25.3 Å². The van der Waals surface area contributed by atoms with Crippen molar-refractivity contribution < 1.29 is 9.15 Å². The molecule has 2 bridgehead atoms. The molecule has 4 heteroatoms. The lowest BCUT2D eigenvalue weighted by Gasteiger charge is -2.32. The summed E-state index contributed by atoms with van der Waals surface area (Å²) in [6.45, 7) is 3.61. The zero-order valence-corrected chi connectivity index (χ0v) is 11.5. The van der Waals surface area contributed by atoms with Gasteiger partial charge >= 0.3 is 0 Å². The average molecular weight is 271 g/mol.